The van der Waals surface area contributed by atoms with Crippen LogP contribution in [0.4, 0.5) is 5.82 Å². The summed E-state index contributed by atoms with van der Waals surface area (Å²) in [5.41, 5.74) is 0.488. The van der Waals surface area contributed by atoms with Gasteiger partial charge in [-0.15, -0.1) is 0 Å². The summed E-state index contributed by atoms with van der Waals surface area (Å²) in [6, 6.07) is 8.58. The van der Waals surface area contributed by atoms with Gasteiger partial charge < -0.3 is 14.9 Å². The van der Waals surface area contributed by atoms with Crippen LogP contribution in [0.1, 0.15) is 17.3 Å². The summed E-state index contributed by atoms with van der Waals surface area (Å²) >= 11 is 13.3. The number of piperazine rings is 1. The van der Waals surface area contributed by atoms with Crippen LogP contribution < -0.4 is 4.90 Å². The Morgan fingerprint density at radius 3 is 2.68 bits per heavy atom. The van der Waals surface area contributed by atoms with E-state index in [2.05, 4.69) is 9.97 Å². The Bertz CT molecular complexity index is 899. The summed E-state index contributed by atoms with van der Waals surface area (Å²) in [5, 5.41) is 9.82. The number of carbonyl (C=O) groups is 2. The van der Waals surface area contributed by atoms with Gasteiger partial charge in [0.05, 0.1) is 16.3 Å². The predicted octanol–water partition coefficient (Wildman–Crippen LogP) is 3.31. The highest BCUT2D eigenvalue weighted by atomic mass is 35.5. The zero-order chi connectivity index (χ0) is 20.3. The molecule has 1 saturated heterocycles. The predicted molar refractivity (Wildman–Crippen MR) is 110 cm³/mol. The first-order chi connectivity index (χ1) is 13.3. The van der Waals surface area contributed by atoms with Crippen LogP contribution in [0.15, 0.2) is 35.5 Å². The lowest BCUT2D eigenvalue weighted by Crippen LogP contribution is -2.54. The molecule has 2 heterocycles. The van der Waals surface area contributed by atoms with E-state index in [1.165, 1.54) is 0 Å². The number of halogens is 2. The number of carboxylic acids is 1. The fraction of sp³-hybridized carbons (Fsp3) is 0.333. The normalized spacial score (nSPS) is 16.9. The molecule has 1 fully saturated rings. The number of nitrogens with zero attached hydrogens (tertiary/aromatic N) is 4. The molecule has 0 spiro atoms. The second-order valence-electron chi connectivity index (χ2n) is 6.29. The summed E-state index contributed by atoms with van der Waals surface area (Å²) in [4.78, 5) is 35.9. The molecule has 1 aromatic heterocycles. The quantitative estimate of drug-likeness (QED) is 0.433. The third-order valence-corrected chi connectivity index (χ3v) is 5.66. The van der Waals surface area contributed by atoms with Crippen molar-refractivity contribution in [1.29, 1.82) is 0 Å². The van der Waals surface area contributed by atoms with Crippen LogP contribution in [0.2, 0.25) is 10.2 Å². The van der Waals surface area contributed by atoms with Crippen LogP contribution in [0.3, 0.4) is 0 Å². The SMILES string of the molecule is CC1CN(c2cc(Cl)nc(SCC(=O)O)n2)CCN1C(=O)c1ccccc1Cl. The zero-order valence-electron chi connectivity index (χ0n) is 15.0. The molecular weight excluding hydrogens is 423 g/mol. The number of hydrogen-bond donors (Lipinski definition) is 1. The van der Waals surface area contributed by atoms with Crippen molar-refractivity contribution in [1.82, 2.24) is 14.9 Å². The fourth-order valence-electron chi connectivity index (χ4n) is 3.00. The lowest BCUT2D eigenvalue weighted by Gasteiger charge is -2.40. The average Bonchev–Trinajstić information content (AvgIpc) is 2.66. The van der Waals surface area contributed by atoms with Crippen molar-refractivity contribution < 1.29 is 14.7 Å². The molecule has 1 aromatic carbocycles. The molecule has 28 heavy (non-hydrogen) atoms. The highest BCUT2D eigenvalue weighted by molar-refractivity contribution is 7.99. The number of aliphatic carboxylic acids is 1. The van der Waals surface area contributed by atoms with Crippen molar-refractivity contribution in [3.8, 4) is 0 Å². The van der Waals surface area contributed by atoms with Crippen LogP contribution in [-0.2, 0) is 4.79 Å². The average molecular weight is 441 g/mol. The van der Waals surface area contributed by atoms with Crippen LogP contribution in [0.25, 0.3) is 0 Å². The Morgan fingerprint density at radius 2 is 2.00 bits per heavy atom. The van der Waals surface area contributed by atoms with Crippen molar-refractivity contribution in [2.75, 3.05) is 30.3 Å². The molecule has 148 valence electrons. The maximum absolute atomic E-state index is 12.8. The molecule has 1 amide bonds. The van der Waals surface area contributed by atoms with E-state index in [4.69, 9.17) is 28.3 Å². The molecule has 3 rings (SSSR count). The third-order valence-electron chi connectivity index (χ3n) is 4.30. The molecule has 0 radical (unpaired) electrons. The number of rotatable bonds is 5. The van der Waals surface area contributed by atoms with Crippen LogP contribution in [0.5, 0.6) is 0 Å². The van der Waals surface area contributed by atoms with Gasteiger partial charge in [0.1, 0.15) is 11.0 Å². The Labute approximate surface area is 176 Å². The van der Waals surface area contributed by atoms with E-state index in [9.17, 15) is 9.59 Å². The van der Waals surface area contributed by atoms with Crippen molar-refractivity contribution in [2.45, 2.75) is 18.1 Å². The van der Waals surface area contributed by atoms with Gasteiger partial charge in [-0.2, -0.15) is 0 Å². The molecule has 10 heteroatoms. The van der Waals surface area contributed by atoms with Crippen molar-refractivity contribution in [3.05, 3.63) is 46.1 Å². The molecule has 1 N–H and O–H groups in total. The Hall–Kier alpha value is -2.03. The van der Waals surface area contributed by atoms with E-state index in [1.54, 1.807) is 35.2 Å². The number of aromatic nitrogens is 2. The van der Waals surface area contributed by atoms with Gasteiger partial charge in [0.25, 0.3) is 5.91 Å². The summed E-state index contributed by atoms with van der Waals surface area (Å²) in [7, 11) is 0. The van der Waals surface area contributed by atoms with Crippen molar-refractivity contribution in [3.63, 3.8) is 0 Å². The number of hydrogen-bond acceptors (Lipinski definition) is 6. The number of carboxylic acid groups (broad SMARTS) is 1. The second-order valence-corrected chi connectivity index (χ2v) is 8.02. The van der Waals surface area contributed by atoms with E-state index < -0.39 is 5.97 Å². The van der Waals surface area contributed by atoms with Gasteiger partial charge in [-0.3, -0.25) is 9.59 Å². The largest absolute Gasteiger partial charge is 0.481 e. The van der Waals surface area contributed by atoms with Gasteiger partial charge in [-0.05, 0) is 19.1 Å². The molecular formula is C18H18Cl2N4O3S. The number of carbonyl (C=O) groups excluding carboxylic acids is 1. The van der Waals surface area contributed by atoms with Gasteiger partial charge in [-0.1, -0.05) is 47.1 Å². The Morgan fingerprint density at radius 1 is 1.25 bits per heavy atom. The Kier molecular flexibility index (Phi) is 6.64. The molecule has 0 aliphatic carbocycles. The minimum Gasteiger partial charge on any atom is -0.481 e. The maximum Gasteiger partial charge on any atom is 0.313 e. The lowest BCUT2D eigenvalue weighted by atomic mass is 10.1. The molecule has 1 atom stereocenters. The standard InChI is InChI=1S/C18H18Cl2N4O3S/c1-11-9-23(15-8-14(20)21-18(22-15)28-10-16(25)26)6-7-24(11)17(27)12-4-2-3-5-13(12)19/h2-5,8,11H,6-7,9-10H2,1H3,(H,25,26). The fourth-order valence-corrected chi connectivity index (χ4v) is 4.01. The summed E-state index contributed by atoms with van der Waals surface area (Å²) in [6.07, 6.45) is 0. The van der Waals surface area contributed by atoms with E-state index in [-0.39, 0.29) is 22.9 Å². The van der Waals surface area contributed by atoms with E-state index in [1.807, 2.05) is 11.8 Å². The maximum atomic E-state index is 12.8. The van der Waals surface area contributed by atoms with Gasteiger partial charge in [-0.25, -0.2) is 9.97 Å². The first-order valence-electron chi connectivity index (χ1n) is 8.54. The smallest absolute Gasteiger partial charge is 0.313 e. The first-order valence-corrected chi connectivity index (χ1v) is 10.3. The van der Waals surface area contributed by atoms with Gasteiger partial charge in [0.2, 0.25) is 0 Å². The summed E-state index contributed by atoms with van der Waals surface area (Å²) in [5.74, 6) is -0.577. The van der Waals surface area contributed by atoms with E-state index >= 15 is 0 Å². The van der Waals surface area contributed by atoms with Gasteiger partial charge >= 0.3 is 5.97 Å². The lowest BCUT2D eigenvalue weighted by molar-refractivity contribution is -0.133. The van der Waals surface area contributed by atoms with E-state index in [0.717, 1.165) is 11.8 Å². The van der Waals surface area contributed by atoms with Crippen LogP contribution >= 0.6 is 35.0 Å². The monoisotopic (exact) mass is 440 g/mol. The topological polar surface area (TPSA) is 86.6 Å². The third kappa shape index (κ3) is 4.87. The van der Waals surface area contributed by atoms with Crippen molar-refractivity contribution in [2.24, 2.45) is 0 Å². The van der Waals surface area contributed by atoms with Crippen LogP contribution in [-0.4, -0.2) is 63.3 Å². The molecule has 1 aliphatic rings. The number of amides is 1. The number of anilines is 1. The molecule has 1 unspecified atom stereocenters. The number of benzene rings is 1. The summed E-state index contributed by atoms with van der Waals surface area (Å²) < 4.78 is 0. The summed E-state index contributed by atoms with van der Waals surface area (Å²) in [6.45, 7) is 3.59. The molecule has 7 nitrogen and oxygen atoms in total. The van der Waals surface area contributed by atoms with Crippen LogP contribution in [0, 0.1) is 0 Å². The first kappa shape index (κ1) is 20.7. The van der Waals surface area contributed by atoms with Crippen molar-refractivity contribution >= 4 is 52.7 Å². The van der Waals surface area contributed by atoms with Gasteiger partial charge in [0, 0.05) is 31.7 Å². The minimum absolute atomic E-state index is 0.0682. The molecule has 0 bridgehead atoms. The van der Waals surface area contributed by atoms with Gasteiger partial charge in [0.15, 0.2) is 5.16 Å². The molecule has 2 aromatic rings. The second kappa shape index (κ2) is 8.98. The molecule has 1 aliphatic heterocycles. The highest BCUT2D eigenvalue weighted by Gasteiger charge is 2.30. The van der Waals surface area contributed by atoms with E-state index in [0.29, 0.717) is 41.2 Å². The zero-order valence-corrected chi connectivity index (χ0v) is 17.3. The number of thioether (sulfide) groups is 1. The minimum atomic E-state index is -0.949. The molecule has 0 saturated carbocycles. The highest BCUT2D eigenvalue weighted by Crippen LogP contribution is 2.25. The Balaban J connectivity index is 1.72.